The maximum atomic E-state index is 11.8. The molecule has 1 aromatic carbocycles. The number of hydrogen-bond donors (Lipinski definition) is 2. The van der Waals surface area contributed by atoms with Gasteiger partial charge in [-0.3, -0.25) is 4.98 Å². The highest BCUT2D eigenvalue weighted by Crippen LogP contribution is 2.24. The number of aromatic nitrogens is 1. The minimum absolute atomic E-state index is 0.256. The van der Waals surface area contributed by atoms with Gasteiger partial charge in [-0.15, -0.1) is 0 Å². The van der Waals surface area contributed by atoms with E-state index in [9.17, 15) is 4.79 Å². The first-order valence-corrected chi connectivity index (χ1v) is 6.88. The Bertz CT molecular complexity index is 617. The number of anilines is 1. The van der Waals surface area contributed by atoms with Gasteiger partial charge in [0, 0.05) is 24.6 Å². The maximum absolute atomic E-state index is 11.8. The van der Waals surface area contributed by atoms with Gasteiger partial charge < -0.3 is 20.1 Å². The average molecular weight is 301 g/mol. The Morgan fingerprint density at radius 3 is 2.59 bits per heavy atom. The minimum Gasteiger partial charge on any atom is -0.497 e. The van der Waals surface area contributed by atoms with E-state index in [1.807, 2.05) is 18.2 Å². The van der Waals surface area contributed by atoms with E-state index in [4.69, 9.17) is 9.47 Å². The zero-order chi connectivity index (χ0) is 15.8. The summed E-state index contributed by atoms with van der Waals surface area (Å²) in [5.74, 6) is 1.54. The van der Waals surface area contributed by atoms with Crippen molar-refractivity contribution in [2.75, 3.05) is 26.1 Å². The molecule has 0 unspecified atom stereocenters. The fraction of sp³-hybridized carbons (Fsp3) is 0.250. The number of ether oxygens (including phenoxy) is 2. The largest absolute Gasteiger partial charge is 0.497 e. The van der Waals surface area contributed by atoms with Gasteiger partial charge in [0.2, 0.25) is 0 Å². The number of carbonyl (C=O) groups is 1. The molecule has 2 aromatic rings. The van der Waals surface area contributed by atoms with Crippen molar-refractivity contribution in [3.8, 4) is 11.5 Å². The van der Waals surface area contributed by atoms with Gasteiger partial charge in [0.1, 0.15) is 11.5 Å². The number of amides is 2. The monoisotopic (exact) mass is 301 g/mol. The number of methoxy groups -OCH3 is 2. The van der Waals surface area contributed by atoms with Crippen molar-refractivity contribution in [1.82, 2.24) is 10.3 Å². The first-order chi connectivity index (χ1) is 10.7. The van der Waals surface area contributed by atoms with Crippen LogP contribution >= 0.6 is 0 Å². The van der Waals surface area contributed by atoms with Crippen molar-refractivity contribution >= 4 is 11.7 Å². The lowest BCUT2D eigenvalue weighted by Crippen LogP contribution is -2.30. The van der Waals surface area contributed by atoms with Crippen molar-refractivity contribution in [2.45, 2.75) is 6.42 Å². The predicted molar refractivity (Wildman–Crippen MR) is 84.5 cm³/mol. The quantitative estimate of drug-likeness (QED) is 0.859. The number of nitrogens with one attached hydrogen (secondary N) is 2. The molecule has 2 N–H and O–H groups in total. The van der Waals surface area contributed by atoms with E-state index in [2.05, 4.69) is 15.6 Å². The Hall–Kier alpha value is -2.76. The van der Waals surface area contributed by atoms with E-state index in [1.165, 1.54) is 0 Å². The molecule has 116 valence electrons. The van der Waals surface area contributed by atoms with Gasteiger partial charge in [-0.2, -0.15) is 0 Å². The number of urea groups is 1. The highest BCUT2D eigenvalue weighted by Gasteiger charge is 2.06. The van der Waals surface area contributed by atoms with Crippen LogP contribution in [0.15, 0.2) is 42.7 Å². The van der Waals surface area contributed by atoms with Gasteiger partial charge in [0.05, 0.1) is 14.2 Å². The summed E-state index contributed by atoms with van der Waals surface area (Å²) in [5.41, 5.74) is 1.68. The zero-order valence-corrected chi connectivity index (χ0v) is 12.6. The molecule has 2 amide bonds. The summed E-state index contributed by atoms with van der Waals surface area (Å²) in [6, 6.07) is 8.79. The number of nitrogens with zero attached hydrogens (tertiary/aromatic N) is 1. The van der Waals surface area contributed by atoms with Crippen molar-refractivity contribution in [1.29, 1.82) is 0 Å². The van der Waals surface area contributed by atoms with Gasteiger partial charge in [-0.1, -0.05) is 0 Å². The van der Waals surface area contributed by atoms with E-state index < -0.39 is 0 Å². The Labute approximate surface area is 129 Å². The van der Waals surface area contributed by atoms with Crippen LogP contribution in [0.3, 0.4) is 0 Å². The third-order valence-corrected chi connectivity index (χ3v) is 3.11. The maximum Gasteiger partial charge on any atom is 0.319 e. The minimum atomic E-state index is -0.256. The third-order valence-electron chi connectivity index (χ3n) is 3.11. The van der Waals surface area contributed by atoms with Crippen molar-refractivity contribution in [2.24, 2.45) is 0 Å². The second kappa shape index (κ2) is 7.87. The second-order valence-electron chi connectivity index (χ2n) is 4.54. The van der Waals surface area contributed by atoms with Gasteiger partial charge in [-0.25, -0.2) is 4.79 Å². The van der Waals surface area contributed by atoms with Crippen LogP contribution in [0.25, 0.3) is 0 Å². The molecule has 0 saturated carbocycles. The van der Waals surface area contributed by atoms with Crippen LogP contribution in [-0.2, 0) is 6.42 Å². The van der Waals surface area contributed by atoms with Crippen molar-refractivity contribution in [3.05, 3.63) is 48.3 Å². The molecule has 0 saturated heterocycles. The molecule has 0 aliphatic carbocycles. The van der Waals surface area contributed by atoms with Crippen LogP contribution in [-0.4, -0.2) is 31.8 Å². The first kappa shape index (κ1) is 15.6. The predicted octanol–water partition coefficient (Wildman–Crippen LogP) is 2.46. The lowest BCUT2D eigenvalue weighted by molar-refractivity contribution is 0.252. The zero-order valence-electron chi connectivity index (χ0n) is 12.6. The van der Waals surface area contributed by atoms with Crippen LogP contribution in [0.4, 0.5) is 10.5 Å². The highest BCUT2D eigenvalue weighted by molar-refractivity contribution is 5.89. The molecular weight excluding hydrogens is 282 g/mol. The average Bonchev–Trinajstić information content (AvgIpc) is 2.55. The molecule has 0 aliphatic heterocycles. The summed E-state index contributed by atoms with van der Waals surface area (Å²) in [6.45, 7) is 0.487. The topological polar surface area (TPSA) is 72.5 Å². The van der Waals surface area contributed by atoms with Crippen LogP contribution in [0.1, 0.15) is 5.56 Å². The van der Waals surface area contributed by atoms with E-state index in [0.717, 1.165) is 17.1 Å². The molecule has 0 spiro atoms. The third kappa shape index (κ3) is 4.37. The Morgan fingerprint density at radius 1 is 1.14 bits per heavy atom. The van der Waals surface area contributed by atoms with E-state index >= 15 is 0 Å². The number of carbonyl (C=O) groups excluding carboxylic acids is 1. The molecule has 6 heteroatoms. The van der Waals surface area contributed by atoms with E-state index in [1.54, 1.807) is 38.7 Å². The Balaban J connectivity index is 1.86. The normalized spacial score (nSPS) is 9.91. The van der Waals surface area contributed by atoms with Crippen LogP contribution in [0.5, 0.6) is 11.5 Å². The van der Waals surface area contributed by atoms with Crippen molar-refractivity contribution in [3.63, 3.8) is 0 Å². The van der Waals surface area contributed by atoms with Crippen LogP contribution in [0.2, 0.25) is 0 Å². The molecule has 22 heavy (non-hydrogen) atoms. The molecule has 1 aromatic heterocycles. The lowest BCUT2D eigenvalue weighted by atomic mass is 10.1. The van der Waals surface area contributed by atoms with Gasteiger partial charge in [-0.05, 0) is 42.3 Å². The van der Waals surface area contributed by atoms with Crippen LogP contribution < -0.4 is 20.1 Å². The number of rotatable bonds is 6. The lowest BCUT2D eigenvalue weighted by Gasteiger charge is -2.11. The summed E-state index contributed by atoms with van der Waals surface area (Å²) in [4.78, 5) is 15.7. The number of hydrogen-bond acceptors (Lipinski definition) is 4. The summed E-state index contributed by atoms with van der Waals surface area (Å²) >= 11 is 0. The summed E-state index contributed by atoms with van der Waals surface area (Å²) in [7, 11) is 3.24. The molecule has 0 radical (unpaired) electrons. The van der Waals surface area contributed by atoms with E-state index in [0.29, 0.717) is 18.7 Å². The fourth-order valence-electron chi connectivity index (χ4n) is 2.00. The van der Waals surface area contributed by atoms with Crippen molar-refractivity contribution < 1.29 is 14.3 Å². The standard InChI is InChI=1S/C16H19N3O3/c1-21-14-3-4-15(22-2)12(11-14)5-10-18-16(20)19-13-6-8-17-9-7-13/h3-4,6-9,11H,5,10H2,1-2H3,(H2,17,18,19,20). The molecule has 0 bridgehead atoms. The molecule has 6 nitrogen and oxygen atoms in total. The number of pyridine rings is 1. The molecule has 0 aliphatic rings. The fourth-order valence-corrected chi connectivity index (χ4v) is 2.00. The van der Waals surface area contributed by atoms with Gasteiger partial charge in [0.15, 0.2) is 0 Å². The summed E-state index contributed by atoms with van der Waals surface area (Å²) < 4.78 is 10.5. The Kier molecular flexibility index (Phi) is 5.59. The molecule has 0 atom stereocenters. The molecule has 0 fully saturated rings. The molecule has 1 heterocycles. The second-order valence-corrected chi connectivity index (χ2v) is 4.54. The van der Waals surface area contributed by atoms with Crippen LogP contribution in [0, 0.1) is 0 Å². The SMILES string of the molecule is COc1ccc(OC)c(CCNC(=O)Nc2ccncc2)c1. The van der Waals surface area contributed by atoms with Gasteiger partial charge >= 0.3 is 6.03 Å². The molecule has 2 rings (SSSR count). The number of benzene rings is 1. The Morgan fingerprint density at radius 2 is 1.91 bits per heavy atom. The highest BCUT2D eigenvalue weighted by atomic mass is 16.5. The van der Waals surface area contributed by atoms with Gasteiger partial charge in [0.25, 0.3) is 0 Å². The summed E-state index contributed by atoms with van der Waals surface area (Å²) in [6.07, 6.45) is 3.89. The molecular formula is C16H19N3O3. The van der Waals surface area contributed by atoms with E-state index in [-0.39, 0.29) is 6.03 Å². The smallest absolute Gasteiger partial charge is 0.319 e. The first-order valence-electron chi connectivity index (χ1n) is 6.88. The summed E-state index contributed by atoms with van der Waals surface area (Å²) in [5, 5.41) is 5.53.